The second-order valence-corrected chi connectivity index (χ2v) is 6.53. The number of rotatable bonds is 0. The molecule has 2 aromatic carbocycles. The predicted octanol–water partition coefficient (Wildman–Crippen LogP) is 4.17. The lowest BCUT2D eigenvalue weighted by molar-refractivity contribution is 0.110. The van der Waals surface area contributed by atoms with Crippen LogP contribution in [-0.2, 0) is 5.60 Å². The van der Waals surface area contributed by atoms with Crippen LogP contribution in [0, 0.1) is 0 Å². The summed E-state index contributed by atoms with van der Waals surface area (Å²) in [5.74, 6) is 0.881. The zero-order valence-electron chi connectivity index (χ0n) is 11.3. The van der Waals surface area contributed by atoms with Crippen molar-refractivity contribution in [3.8, 4) is 17.0 Å². The summed E-state index contributed by atoms with van der Waals surface area (Å²) < 4.78 is 6.18. The number of benzene rings is 2. The third-order valence-corrected chi connectivity index (χ3v) is 4.87. The van der Waals surface area contributed by atoms with Gasteiger partial charge in [0, 0.05) is 0 Å². The predicted molar refractivity (Wildman–Crippen MR) is 83.1 cm³/mol. The summed E-state index contributed by atoms with van der Waals surface area (Å²) in [6.45, 7) is 4.11. The SMILES string of the molecule is CC1(C)Oc2ccc3ccccc3c2-c2nc(N)sc21. The van der Waals surface area contributed by atoms with Gasteiger partial charge in [0.2, 0.25) is 0 Å². The summed E-state index contributed by atoms with van der Waals surface area (Å²) in [7, 11) is 0. The van der Waals surface area contributed by atoms with Crippen LogP contribution in [0.5, 0.6) is 5.75 Å². The van der Waals surface area contributed by atoms with Gasteiger partial charge in [-0.2, -0.15) is 0 Å². The normalized spacial score (nSPS) is 15.5. The fourth-order valence-electron chi connectivity index (χ4n) is 2.82. The van der Waals surface area contributed by atoms with Gasteiger partial charge in [-0.05, 0) is 30.7 Å². The van der Waals surface area contributed by atoms with Crippen LogP contribution in [0.3, 0.4) is 0 Å². The number of fused-ring (bicyclic) bond motifs is 5. The number of ether oxygens (including phenoxy) is 1. The highest BCUT2D eigenvalue weighted by atomic mass is 32.1. The van der Waals surface area contributed by atoms with Gasteiger partial charge >= 0.3 is 0 Å². The van der Waals surface area contributed by atoms with Crippen LogP contribution in [-0.4, -0.2) is 4.98 Å². The van der Waals surface area contributed by atoms with Gasteiger partial charge in [-0.25, -0.2) is 4.98 Å². The van der Waals surface area contributed by atoms with Crippen LogP contribution >= 0.6 is 11.3 Å². The highest BCUT2D eigenvalue weighted by Gasteiger charge is 2.36. The number of aromatic nitrogens is 1. The molecule has 0 fully saturated rings. The van der Waals surface area contributed by atoms with Crippen molar-refractivity contribution in [1.29, 1.82) is 0 Å². The molecule has 3 aromatic rings. The van der Waals surface area contributed by atoms with Gasteiger partial charge in [-0.3, -0.25) is 0 Å². The van der Waals surface area contributed by atoms with Gasteiger partial charge < -0.3 is 10.5 Å². The molecule has 1 aliphatic rings. The molecule has 2 heterocycles. The van der Waals surface area contributed by atoms with Gasteiger partial charge in [0.25, 0.3) is 0 Å². The Morgan fingerprint density at radius 2 is 1.95 bits per heavy atom. The van der Waals surface area contributed by atoms with Crippen molar-refractivity contribution in [3.63, 3.8) is 0 Å². The molecule has 0 spiro atoms. The Morgan fingerprint density at radius 1 is 1.15 bits per heavy atom. The zero-order valence-corrected chi connectivity index (χ0v) is 12.1. The Kier molecular flexibility index (Phi) is 2.19. The van der Waals surface area contributed by atoms with E-state index < -0.39 is 0 Å². The second-order valence-electron chi connectivity index (χ2n) is 5.50. The number of nitrogen functional groups attached to an aromatic ring is 1. The van der Waals surface area contributed by atoms with Gasteiger partial charge in [0.1, 0.15) is 11.4 Å². The fourth-order valence-corrected chi connectivity index (χ4v) is 3.69. The van der Waals surface area contributed by atoms with Crippen molar-refractivity contribution in [1.82, 2.24) is 4.98 Å². The lowest BCUT2D eigenvalue weighted by Crippen LogP contribution is -2.28. The molecule has 0 saturated carbocycles. The number of anilines is 1. The van der Waals surface area contributed by atoms with E-state index in [1.807, 2.05) is 18.2 Å². The Balaban J connectivity index is 2.14. The average molecular weight is 282 g/mol. The van der Waals surface area contributed by atoms with Crippen LogP contribution in [0.15, 0.2) is 36.4 Å². The van der Waals surface area contributed by atoms with Gasteiger partial charge in [0.05, 0.1) is 16.1 Å². The lowest BCUT2D eigenvalue weighted by atomic mass is 9.93. The molecule has 0 bridgehead atoms. The van der Waals surface area contributed by atoms with Crippen LogP contribution < -0.4 is 10.5 Å². The first-order valence-corrected chi connectivity index (χ1v) is 7.36. The van der Waals surface area contributed by atoms with Crippen molar-refractivity contribution in [2.75, 3.05) is 5.73 Å². The van der Waals surface area contributed by atoms with E-state index in [1.165, 1.54) is 16.7 Å². The maximum absolute atomic E-state index is 6.18. The van der Waals surface area contributed by atoms with Gasteiger partial charge in [0.15, 0.2) is 5.13 Å². The molecule has 4 heteroatoms. The molecule has 1 aliphatic heterocycles. The Labute approximate surface area is 121 Å². The highest BCUT2D eigenvalue weighted by molar-refractivity contribution is 7.16. The minimum absolute atomic E-state index is 0.389. The standard InChI is InChI=1S/C16H14N2OS/c1-16(2)14-13(18-15(17)20-14)12-10-6-4-3-5-9(10)7-8-11(12)19-16/h3-8H,1-2H3,(H2,17,18). The Hall–Kier alpha value is -2.07. The van der Waals surface area contributed by atoms with E-state index in [1.54, 1.807) is 0 Å². The van der Waals surface area contributed by atoms with Crippen LogP contribution in [0.1, 0.15) is 18.7 Å². The Morgan fingerprint density at radius 3 is 2.80 bits per heavy atom. The monoisotopic (exact) mass is 282 g/mol. The van der Waals surface area contributed by atoms with Crippen LogP contribution in [0.25, 0.3) is 22.0 Å². The fraction of sp³-hybridized carbons (Fsp3) is 0.188. The van der Waals surface area contributed by atoms with Gasteiger partial charge in [-0.15, -0.1) is 0 Å². The number of thiazole rings is 1. The summed E-state index contributed by atoms with van der Waals surface area (Å²) in [6.07, 6.45) is 0. The molecule has 20 heavy (non-hydrogen) atoms. The molecule has 3 nitrogen and oxygen atoms in total. The highest BCUT2D eigenvalue weighted by Crippen LogP contribution is 2.50. The molecule has 2 N–H and O–H groups in total. The van der Waals surface area contributed by atoms with E-state index in [2.05, 4.69) is 37.0 Å². The lowest BCUT2D eigenvalue weighted by Gasteiger charge is -2.32. The van der Waals surface area contributed by atoms with E-state index >= 15 is 0 Å². The molecule has 0 unspecified atom stereocenters. The quantitative estimate of drug-likeness (QED) is 0.673. The largest absolute Gasteiger partial charge is 0.482 e. The molecule has 0 radical (unpaired) electrons. The number of hydrogen-bond donors (Lipinski definition) is 1. The summed E-state index contributed by atoms with van der Waals surface area (Å²) >= 11 is 1.51. The van der Waals surface area contributed by atoms with Crippen molar-refractivity contribution in [2.45, 2.75) is 19.4 Å². The molecule has 0 atom stereocenters. The van der Waals surface area contributed by atoms with Crippen LogP contribution in [0.4, 0.5) is 5.13 Å². The zero-order chi connectivity index (χ0) is 13.9. The van der Waals surface area contributed by atoms with Crippen molar-refractivity contribution >= 4 is 27.2 Å². The molecule has 0 amide bonds. The number of hydrogen-bond acceptors (Lipinski definition) is 4. The summed E-state index contributed by atoms with van der Waals surface area (Å²) in [4.78, 5) is 5.65. The summed E-state index contributed by atoms with van der Waals surface area (Å²) in [5.41, 5.74) is 7.57. The maximum atomic E-state index is 6.18. The molecule has 1 aromatic heterocycles. The molecular weight excluding hydrogens is 268 g/mol. The van der Waals surface area contributed by atoms with Crippen molar-refractivity contribution in [3.05, 3.63) is 41.3 Å². The number of nitrogens with two attached hydrogens (primary N) is 1. The smallest absolute Gasteiger partial charge is 0.180 e. The summed E-state index contributed by atoms with van der Waals surface area (Å²) in [5, 5.41) is 2.94. The minimum atomic E-state index is -0.389. The average Bonchev–Trinajstić information content (AvgIpc) is 2.80. The third-order valence-electron chi connectivity index (χ3n) is 3.68. The Bertz CT molecular complexity index is 836. The first-order valence-electron chi connectivity index (χ1n) is 6.54. The van der Waals surface area contributed by atoms with Gasteiger partial charge in [-0.1, -0.05) is 41.7 Å². The summed E-state index contributed by atoms with van der Waals surface area (Å²) in [6, 6.07) is 12.4. The van der Waals surface area contributed by atoms with E-state index in [0.717, 1.165) is 27.3 Å². The first kappa shape index (κ1) is 11.7. The molecule has 4 rings (SSSR count). The van der Waals surface area contributed by atoms with Crippen LogP contribution in [0.2, 0.25) is 0 Å². The van der Waals surface area contributed by atoms with Crippen molar-refractivity contribution < 1.29 is 4.74 Å². The minimum Gasteiger partial charge on any atom is -0.482 e. The number of nitrogens with zero attached hydrogens (tertiary/aromatic N) is 1. The topological polar surface area (TPSA) is 48.1 Å². The van der Waals surface area contributed by atoms with E-state index in [4.69, 9.17) is 10.5 Å². The molecule has 0 aliphatic carbocycles. The molecule has 0 saturated heterocycles. The molecular formula is C16H14N2OS. The van der Waals surface area contributed by atoms with E-state index in [0.29, 0.717) is 5.13 Å². The molecule has 100 valence electrons. The van der Waals surface area contributed by atoms with Crippen molar-refractivity contribution in [2.24, 2.45) is 0 Å². The third kappa shape index (κ3) is 1.48. The van der Waals surface area contributed by atoms with E-state index in [9.17, 15) is 0 Å². The van der Waals surface area contributed by atoms with E-state index in [-0.39, 0.29) is 5.60 Å². The second kappa shape index (κ2) is 3.73. The first-order chi connectivity index (χ1) is 9.56. The maximum Gasteiger partial charge on any atom is 0.180 e.